The number of fused-ring (bicyclic) bond motifs is 1. The molecule has 3 rings (SSSR count). The molecule has 0 atom stereocenters. The van der Waals surface area contributed by atoms with Gasteiger partial charge in [-0.25, -0.2) is 4.39 Å². The Morgan fingerprint density at radius 3 is 2.90 bits per heavy atom. The van der Waals surface area contributed by atoms with Crippen LogP contribution in [0.25, 0.3) is 10.9 Å². The number of H-pyrrole nitrogens is 1. The Morgan fingerprint density at radius 1 is 1.25 bits per heavy atom. The Hall–Kier alpha value is -2.21. The van der Waals surface area contributed by atoms with E-state index in [1.165, 1.54) is 18.2 Å². The Labute approximate surface area is 122 Å². The first kappa shape index (κ1) is 12.8. The molecule has 0 fully saturated rings. The second-order valence-electron chi connectivity index (χ2n) is 4.25. The molecule has 0 bridgehead atoms. The molecular formula is C14H9BrFN3O. The van der Waals surface area contributed by atoms with Crippen LogP contribution in [-0.2, 0) is 0 Å². The molecular weight excluding hydrogens is 325 g/mol. The molecule has 100 valence electrons. The van der Waals surface area contributed by atoms with Gasteiger partial charge in [0.05, 0.1) is 17.3 Å². The van der Waals surface area contributed by atoms with Gasteiger partial charge >= 0.3 is 0 Å². The fraction of sp³-hybridized carbons (Fsp3) is 0. The highest BCUT2D eigenvalue weighted by Crippen LogP contribution is 2.21. The molecule has 4 nitrogen and oxygen atoms in total. The van der Waals surface area contributed by atoms with Crippen LogP contribution < -0.4 is 5.32 Å². The third kappa shape index (κ3) is 2.42. The van der Waals surface area contributed by atoms with E-state index in [1.54, 1.807) is 12.3 Å². The maximum Gasteiger partial charge on any atom is 0.256 e. The van der Waals surface area contributed by atoms with Crippen LogP contribution in [0.15, 0.2) is 47.1 Å². The first-order valence-electron chi connectivity index (χ1n) is 5.83. The minimum absolute atomic E-state index is 0.306. The van der Waals surface area contributed by atoms with E-state index in [2.05, 4.69) is 31.4 Å². The first-order valence-corrected chi connectivity index (χ1v) is 6.62. The Balaban J connectivity index is 1.87. The highest BCUT2D eigenvalue weighted by molar-refractivity contribution is 9.10. The summed E-state index contributed by atoms with van der Waals surface area (Å²) < 4.78 is 13.4. The molecule has 1 amide bonds. The van der Waals surface area contributed by atoms with Gasteiger partial charge in [0.1, 0.15) is 5.82 Å². The molecule has 3 aromatic rings. The average molecular weight is 334 g/mol. The number of carbonyl (C=O) groups excluding carboxylic acids is 1. The third-order valence-electron chi connectivity index (χ3n) is 2.87. The van der Waals surface area contributed by atoms with E-state index >= 15 is 0 Å². The summed E-state index contributed by atoms with van der Waals surface area (Å²) in [6.07, 6.45) is 1.68. The van der Waals surface area contributed by atoms with Crippen LogP contribution in [0.4, 0.5) is 10.1 Å². The summed E-state index contributed by atoms with van der Waals surface area (Å²) in [4.78, 5) is 12.1. The van der Waals surface area contributed by atoms with Gasteiger partial charge in [0, 0.05) is 15.5 Å². The molecule has 0 radical (unpaired) electrons. The molecule has 2 aromatic carbocycles. The number of hydrogen-bond acceptors (Lipinski definition) is 2. The lowest BCUT2D eigenvalue weighted by Gasteiger charge is -2.07. The summed E-state index contributed by atoms with van der Waals surface area (Å²) in [6, 6.07) is 9.36. The van der Waals surface area contributed by atoms with Crippen molar-refractivity contribution < 1.29 is 9.18 Å². The number of rotatable bonds is 2. The van der Waals surface area contributed by atoms with Gasteiger partial charge in [0.2, 0.25) is 0 Å². The molecule has 2 N–H and O–H groups in total. The van der Waals surface area contributed by atoms with Crippen LogP contribution in [0.3, 0.4) is 0 Å². The summed E-state index contributed by atoms with van der Waals surface area (Å²) >= 11 is 3.18. The van der Waals surface area contributed by atoms with Gasteiger partial charge in [0.15, 0.2) is 0 Å². The number of anilines is 1. The van der Waals surface area contributed by atoms with Crippen LogP contribution in [0, 0.1) is 5.82 Å². The Bertz CT molecular complexity index is 800. The average Bonchev–Trinajstić information content (AvgIpc) is 2.85. The summed E-state index contributed by atoms with van der Waals surface area (Å²) in [6.45, 7) is 0. The molecule has 0 aliphatic carbocycles. The van der Waals surface area contributed by atoms with Gasteiger partial charge in [-0.3, -0.25) is 9.89 Å². The van der Waals surface area contributed by atoms with E-state index in [0.29, 0.717) is 15.7 Å². The molecule has 20 heavy (non-hydrogen) atoms. The zero-order valence-corrected chi connectivity index (χ0v) is 11.7. The van der Waals surface area contributed by atoms with E-state index < -0.39 is 5.82 Å². The number of aromatic amines is 1. The molecule has 0 aliphatic rings. The van der Waals surface area contributed by atoms with Crippen molar-refractivity contribution in [2.75, 3.05) is 5.32 Å². The van der Waals surface area contributed by atoms with Gasteiger partial charge in [-0.15, -0.1) is 0 Å². The van der Waals surface area contributed by atoms with Crippen molar-refractivity contribution in [2.45, 2.75) is 0 Å². The standard InChI is InChI=1S/C14H9BrFN3O/c15-12-6-9(16)1-3-11(12)14(20)18-10-2-4-13-8(5-10)7-17-19-13/h1-7H,(H,17,19)(H,18,20). The van der Waals surface area contributed by atoms with Gasteiger partial charge in [-0.2, -0.15) is 5.10 Å². The summed E-state index contributed by atoms with van der Waals surface area (Å²) in [5.41, 5.74) is 1.92. The van der Waals surface area contributed by atoms with E-state index in [9.17, 15) is 9.18 Å². The van der Waals surface area contributed by atoms with Crippen molar-refractivity contribution in [3.8, 4) is 0 Å². The van der Waals surface area contributed by atoms with Crippen molar-refractivity contribution >= 4 is 38.4 Å². The van der Waals surface area contributed by atoms with Crippen molar-refractivity contribution in [1.29, 1.82) is 0 Å². The summed E-state index contributed by atoms with van der Waals surface area (Å²) in [7, 11) is 0. The summed E-state index contributed by atoms with van der Waals surface area (Å²) in [5.74, 6) is -0.701. The monoisotopic (exact) mass is 333 g/mol. The van der Waals surface area contributed by atoms with E-state index in [4.69, 9.17) is 0 Å². The van der Waals surface area contributed by atoms with Crippen LogP contribution in [0.2, 0.25) is 0 Å². The van der Waals surface area contributed by atoms with Crippen molar-refractivity contribution in [2.24, 2.45) is 0 Å². The molecule has 0 aliphatic heterocycles. The lowest BCUT2D eigenvalue weighted by Crippen LogP contribution is -2.12. The number of nitrogens with zero attached hydrogens (tertiary/aromatic N) is 1. The fourth-order valence-electron chi connectivity index (χ4n) is 1.89. The second kappa shape index (κ2) is 5.05. The predicted octanol–water partition coefficient (Wildman–Crippen LogP) is 3.72. The number of hydrogen-bond donors (Lipinski definition) is 2. The van der Waals surface area contributed by atoms with Gasteiger partial charge in [-0.1, -0.05) is 0 Å². The maximum atomic E-state index is 13.0. The highest BCUT2D eigenvalue weighted by atomic mass is 79.9. The second-order valence-corrected chi connectivity index (χ2v) is 5.10. The van der Waals surface area contributed by atoms with E-state index in [0.717, 1.165) is 10.9 Å². The largest absolute Gasteiger partial charge is 0.322 e. The minimum Gasteiger partial charge on any atom is -0.322 e. The van der Waals surface area contributed by atoms with Crippen molar-refractivity contribution in [3.63, 3.8) is 0 Å². The number of carbonyl (C=O) groups is 1. The smallest absolute Gasteiger partial charge is 0.256 e. The molecule has 0 spiro atoms. The molecule has 6 heteroatoms. The molecule has 0 saturated heterocycles. The van der Waals surface area contributed by atoms with Crippen LogP contribution in [-0.4, -0.2) is 16.1 Å². The number of nitrogens with one attached hydrogen (secondary N) is 2. The van der Waals surface area contributed by atoms with Crippen molar-refractivity contribution in [3.05, 3.63) is 58.4 Å². The topological polar surface area (TPSA) is 57.8 Å². The quantitative estimate of drug-likeness (QED) is 0.750. The molecule has 1 heterocycles. The minimum atomic E-state index is -0.395. The van der Waals surface area contributed by atoms with Crippen molar-refractivity contribution in [1.82, 2.24) is 10.2 Å². The number of amides is 1. The zero-order chi connectivity index (χ0) is 14.1. The Kier molecular flexibility index (Phi) is 3.23. The number of aromatic nitrogens is 2. The number of halogens is 2. The lowest BCUT2D eigenvalue weighted by molar-refractivity contribution is 0.102. The van der Waals surface area contributed by atoms with Gasteiger partial charge < -0.3 is 5.32 Å². The molecule has 0 unspecified atom stereocenters. The number of benzene rings is 2. The van der Waals surface area contributed by atoms with Gasteiger partial charge in [0.25, 0.3) is 5.91 Å². The van der Waals surface area contributed by atoms with Crippen LogP contribution in [0.5, 0.6) is 0 Å². The first-order chi connectivity index (χ1) is 9.63. The third-order valence-corrected chi connectivity index (χ3v) is 3.53. The van der Waals surface area contributed by atoms with E-state index in [-0.39, 0.29) is 5.91 Å². The highest BCUT2D eigenvalue weighted by Gasteiger charge is 2.11. The Morgan fingerprint density at radius 2 is 2.10 bits per heavy atom. The predicted molar refractivity (Wildman–Crippen MR) is 78.1 cm³/mol. The van der Waals surface area contributed by atoms with Crippen LogP contribution in [0.1, 0.15) is 10.4 Å². The van der Waals surface area contributed by atoms with Crippen LogP contribution >= 0.6 is 15.9 Å². The summed E-state index contributed by atoms with van der Waals surface area (Å²) in [5, 5.41) is 10.4. The lowest BCUT2D eigenvalue weighted by atomic mass is 10.2. The molecule has 0 saturated carbocycles. The maximum absolute atomic E-state index is 13.0. The zero-order valence-electron chi connectivity index (χ0n) is 10.2. The normalized spacial score (nSPS) is 10.7. The molecule has 1 aromatic heterocycles. The SMILES string of the molecule is O=C(Nc1ccc2[nH]ncc2c1)c1ccc(F)cc1Br. The fourth-order valence-corrected chi connectivity index (χ4v) is 2.42. The van der Waals surface area contributed by atoms with E-state index in [1.807, 2.05) is 12.1 Å². The van der Waals surface area contributed by atoms with Gasteiger partial charge in [-0.05, 0) is 52.3 Å².